The molecule has 0 bridgehead atoms. The molecule has 0 radical (unpaired) electrons. The SMILES string of the molecule is Cc1ccc(NC(=O)NCc2cccnc2N)c(N(C)C)n1. The van der Waals surface area contributed by atoms with E-state index in [0.717, 1.165) is 11.3 Å². The molecule has 116 valence electrons. The number of nitrogens with two attached hydrogens (primary N) is 1. The van der Waals surface area contributed by atoms with Crippen molar-refractivity contribution >= 4 is 23.4 Å². The Balaban J connectivity index is 2.02. The number of carbonyl (C=O) groups excluding carboxylic acids is 1. The van der Waals surface area contributed by atoms with Gasteiger partial charge in [0.2, 0.25) is 0 Å². The summed E-state index contributed by atoms with van der Waals surface area (Å²) in [5.41, 5.74) is 8.04. The molecule has 0 saturated carbocycles. The molecule has 22 heavy (non-hydrogen) atoms. The zero-order chi connectivity index (χ0) is 16.1. The topological polar surface area (TPSA) is 96.2 Å². The van der Waals surface area contributed by atoms with Crippen molar-refractivity contribution in [1.82, 2.24) is 15.3 Å². The van der Waals surface area contributed by atoms with Crippen LogP contribution in [0.25, 0.3) is 0 Å². The van der Waals surface area contributed by atoms with Gasteiger partial charge in [0, 0.05) is 38.1 Å². The van der Waals surface area contributed by atoms with Crippen molar-refractivity contribution in [2.75, 3.05) is 30.0 Å². The number of aromatic nitrogens is 2. The Morgan fingerprint density at radius 2 is 2.09 bits per heavy atom. The van der Waals surface area contributed by atoms with E-state index >= 15 is 0 Å². The quantitative estimate of drug-likeness (QED) is 0.799. The number of urea groups is 1. The number of hydrogen-bond acceptors (Lipinski definition) is 5. The minimum absolute atomic E-state index is 0.308. The van der Waals surface area contributed by atoms with E-state index in [1.807, 2.05) is 44.1 Å². The summed E-state index contributed by atoms with van der Waals surface area (Å²) in [6, 6.07) is 6.95. The normalized spacial score (nSPS) is 10.1. The van der Waals surface area contributed by atoms with Gasteiger partial charge in [0.25, 0.3) is 0 Å². The third kappa shape index (κ3) is 3.85. The fourth-order valence-electron chi connectivity index (χ4n) is 1.92. The molecule has 4 N–H and O–H groups in total. The Hall–Kier alpha value is -2.83. The number of amides is 2. The van der Waals surface area contributed by atoms with Gasteiger partial charge in [0.1, 0.15) is 5.82 Å². The Morgan fingerprint density at radius 1 is 1.32 bits per heavy atom. The van der Waals surface area contributed by atoms with Gasteiger partial charge in [-0.3, -0.25) is 0 Å². The number of anilines is 3. The fourth-order valence-corrected chi connectivity index (χ4v) is 1.92. The van der Waals surface area contributed by atoms with Crippen LogP contribution in [-0.4, -0.2) is 30.1 Å². The second kappa shape index (κ2) is 6.75. The number of aryl methyl sites for hydroxylation is 1. The predicted molar refractivity (Wildman–Crippen MR) is 87.8 cm³/mol. The first-order valence-corrected chi connectivity index (χ1v) is 6.86. The van der Waals surface area contributed by atoms with Crippen molar-refractivity contribution in [3.05, 3.63) is 41.7 Å². The first kappa shape index (κ1) is 15.6. The molecular formula is C15H20N6O. The van der Waals surface area contributed by atoms with E-state index in [4.69, 9.17) is 5.73 Å². The third-order valence-electron chi connectivity index (χ3n) is 3.05. The summed E-state index contributed by atoms with van der Waals surface area (Å²) in [4.78, 5) is 22.3. The lowest BCUT2D eigenvalue weighted by atomic mass is 10.2. The Labute approximate surface area is 129 Å². The molecule has 0 aromatic carbocycles. The van der Waals surface area contributed by atoms with Gasteiger partial charge in [-0.25, -0.2) is 14.8 Å². The Kier molecular flexibility index (Phi) is 4.77. The minimum atomic E-state index is -0.322. The molecule has 2 aromatic rings. The monoisotopic (exact) mass is 300 g/mol. The van der Waals surface area contributed by atoms with Crippen LogP contribution in [0.2, 0.25) is 0 Å². The fraction of sp³-hybridized carbons (Fsp3) is 0.267. The molecule has 0 atom stereocenters. The van der Waals surface area contributed by atoms with Crippen LogP contribution in [0.3, 0.4) is 0 Å². The largest absolute Gasteiger partial charge is 0.383 e. The highest BCUT2D eigenvalue weighted by molar-refractivity contribution is 5.92. The van der Waals surface area contributed by atoms with Gasteiger partial charge in [-0.1, -0.05) is 6.07 Å². The number of carbonyl (C=O) groups is 1. The number of nitrogens with zero attached hydrogens (tertiary/aromatic N) is 3. The highest BCUT2D eigenvalue weighted by Crippen LogP contribution is 2.21. The molecule has 0 aliphatic rings. The number of hydrogen-bond donors (Lipinski definition) is 3. The van der Waals surface area contributed by atoms with Crippen LogP contribution in [0.15, 0.2) is 30.5 Å². The lowest BCUT2D eigenvalue weighted by Gasteiger charge is -2.17. The first-order chi connectivity index (χ1) is 10.5. The first-order valence-electron chi connectivity index (χ1n) is 6.86. The molecule has 0 saturated heterocycles. The molecule has 2 rings (SSSR count). The van der Waals surface area contributed by atoms with Crippen molar-refractivity contribution < 1.29 is 4.79 Å². The second-order valence-electron chi connectivity index (χ2n) is 5.07. The van der Waals surface area contributed by atoms with E-state index in [1.165, 1.54) is 0 Å². The standard InChI is InChI=1S/C15H20N6O/c1-10-6-7-12(14(19-10)21(2)3)20-15(22)18-9-11-5-4-8-17-13(11)16/h4-8H,9H2,1-3H3,(H2,16,17)(H2,18,20,22). The maximum Gasteiger partial charge on any atom is 0.319 e. The molecule has 0 aliphatic carbocycles. The summed E-state index contributed by atoms with van der Waals surface area (Å²) in [6.07, 6.45) is 1.61. The molecule has 0 fully saturated rings. The molecule has 0 unspecified atom stereocenters. The summed E-state index contributed by atoms with van der Waals surface area (Å²) in [5.74, 6) is 1.12. The number of nitrogen functional groups attached to an aromatic ring is 1. The highest BCUT2D eigenvalue weighted by atomic mass is 16.2. The van der Waals surface area contributed by atoms with E-state index in [1.54, 1.807) is 12.3 Å². The smallest absolute Gasteiger partial charge is 0.319 e. The summed E-state index contributed by atoms with van der Waals surface area (Å²) >= 11 is 0. The van der Waals surface area contributed by atoms with Crippen molar-refractivity contribution in [2.24, 2.45) is 0 Å². The molecule has 7 nitrogen and oxygen atoms in total. The van der Waals surface area contributed by atoms with Crippen LogP contribution in [0.4, 0.5) is 22.1 Å². The van der Waals surface area contributed by atoms with E-state index < -0.39 is 0 Å². The summed E-state index contributed by atoms with van der Waals surface area (Å²) < 4.78 is 0. The Morgan fingerprint density at radius 3 is 2.77 bits per heavy atom. The van der Waals surface area contributed by atoms with Gasteiger partial charge in [-0.2, -0.15) is 0 Å². The molecule has 2 aromatic heterocycles. The molecule has 2 heterocycles. The molecule has 2 amide bonds. The summed E-state index contributed by atoms with van der Waals surface area (Å²) in [5, 5.41) is 5.55. The highest BCUT2D eigenvalue weighted by Gasteiger charge is 2.10. The van der Waals surface area contributed by atoms with Gasteiger partial charge in [0.05, 0.1) is 5.69 Å². The average Bonchev–Trinajstić information content (AvgIpc) is 2.48. The van der Waals surface area contributed by atoms with Crippen LogP contribution < -0.4 is 21.3 Å². The van der Waals surface area contributed by atoms with E-state index in [9.17, 15) is 4.79 Å². The van der Waals surface area contributed by atoms with E-state index in [-0.39, 0.29) is 6.03 Å². The van der Waals surface area contributed by atoms with Gasteiger partial charge >= 0.3 is 6.03 Å². The van der Waals surface area contributed by atoms with E-state index in [2.05, 4.69) is 20.6 Å². The van der Waals surface area contributed by atoms with Crippen LogP contribution in [-0.2, 0) is 6.54 Å². The van der Waals surface area contributed by atoms with Gasteiger partial charge in [-0.15, -0.1) is 0 Å². The third-order valence-corrected chi connectivity index (χ3v) is 3.05. The van der Waals surface area contributed by atoms with Crippen molar-refractivity contribution in [2.45, 2.75) is 13.5 Å². The van der Waals surface area contributed by atoms with Gasteiger partial charge in [-0.05, 0) is 25.1 Å². The van der Waals surface area contributed by atoms with E-state index in [0.29, 0.717) is 23.9 Å². The minimum Gasteiger partial charge on any atom is -0.383 e. The number of rotatable bonds is 4. The van der Waals surface area contributed by atoms with Crippen LogP contribution >= 0.6 is 0 Å². The maximum absolute atomic E-state index is 12.0. The predicted octanol–water partition coefficient (Wildman–Crippen LogP) is 1.75. The zero-order valence-electron chi connectivity index (χ0n) is 12.9. The number of pyridine rings is 2. The molecular weight excluding hydrogens is 280 g/mol. The molecule has 7 heteroatoms. The van der Waals surface area contributed by atoms with Crippen LogP contribution in [0.1, 0.15) is 11.3 Å². The van der Waals surface area contributed by atoms with Crippen molar-refractivity contribution in [3.8, 4) is 0 Å². The number of nitrogens with one attached hydrogen (secondary N) is 2. The lowest BCUT2D eigenvalue weighted by molar-refractivity contribution is 0.252. The van der Waals surface area contributed by atoms with Gasteiger partial charge in [0.15, 0.2) is 5.82 Å². The Bertz CT molecular complexity index is 671. The summed E-state index contributed by atoms with van der Waals surface area (Å²) in [7, 11) is 3.75. The van der Waals surface area contributed by atoms with Crippen LogP contribution in [0.5, 0.6) is 0 Å². The molecule has 0 spiro atoms. The van der Waals surface area contributed by atoms with Crippen LogP contribution in [0, 0.1) is 6.92 Å². The average molecular weight is 300 g/mol. The van der Waals surface area contributed by atoms with Gasteiger partial charge < -0.3 is 21.3 Å². The van der Waals surface area contributed by atoms with Crippen molar-refractivity contribution in [1.29, 1.82) is 0 Å². The zero-order valence-corrected chi connectivity index (χ0v) is 12.9. The van der Waals surface area contributed by atoms with Crippen molar-refractivity contribution in [3.63, 3.8) is 0 Å². The molecule has 0 aliphatic heterocycles. The maximum atomic E-state index is 12.0. The summed E-state index contributed by atoms with van der Waals surface area (Å²) in [6.45, 7) is 2.21. The second-order valence-corrected chi connectivity index (χ2v) is 5.07. The lowest BCUT2D eigenvalue weighted by Crippen LogP contribution is -2.29.